The van der Waals surface area contributed by atoms with Gasteiger partial charge in [-0.3, -0.25) is 0 Å². The van der Waals surface area contributed by atoms with E-state index in [1.165, 1.54) is 0 Å². The quantitative estimate of drug-likeness (QED) is 0.247. The smallest absolute Gasteiger partial charge is 0.458 e. The fourth-order valence-corrected chi connectivity index (χ4v) is 0. The molecule has 0 radical (unpaired) electrons. The Kier molecular flexibility index (Phi) is 2.01. The van der Waals surface area contributed by atoms with Crippen LogP contribution in [0, 0.1) is 0 Å². The molecule has 0 unspecified atom stereocenters. The van der Waals surface area contributed by atoms with Gasteiger partial charge in [0.2, 0.25) is 0 Å². The number of rotatable bonds is 1. The Bertz CT molecular complexity index is 61.7. The second-order valence-corrected chi connectivity index (χ2v) is 0.894. The Morgan fingerprint density at radius 2 is 1.80 bits per heavy atom. The summed E-state index contributed by atoms with van der Waals surface area (Å²) < 4.78 is 20.2. The molecule has 0 bridgehead atoms. The molecule has 0 amide bonds. The second kappa shape index (κ2) is 2.08. The summed E-state index contributed by atoms with van der Waals surface area (Å²) in [5, 5.41) is 8.53. The van der Waals surface area contributed by atoms with Gasteiger partial charge >= 0.3 is 7.91 Å². The number of hydrogen-bond acceptors (Lipinski definition) is 4. The van der Waals surface area contributed by atoms with Crippen molar-refractivity contribution in [3.8, 4) is 0 Å². The van der Waals surface area contributed by atoms with Gasteiger partial charge in [0, 0.05) is 0 Å². The lowest BCUT2D eigenvalue weighted by Crippen LogP contribution is -1.91. The first-order valence-corrected chi connectivity index (χ1v) is 1.81. The fraction of sp³-hybridized carbons (Fsp3) is 0. The van der Waals surface area contributed by atoms with Crippen LogP contribution in [-0.2, 0) is 13.8 Å². The van der Waals surface area contributed by atoms with Crippen molar-refractivity contribution >= 4 is 7.91 Å². The first kappa shape index (κ1) is 4.82. The molecule has 30 valence electrons. The minimum atomic E-state index is -3.15. The molecule has 0 aromatic rings. The van der Waals surface area contributed by atoms with Gasteiger partial charge in [0.05, 0.1) is 0 Å². The van der Waals surface area contributed by atoms with Crippen molar-refractivity contribution in [3.63, 3.8) is 0 Å². The average Bonchev–Trinajstić information content (AvgIpc) is 1.38. The highest BCUT2D eigenvalue weighted by Crippen LogP contribution is 1.94. The van der Waals surface area contributed by atoms with E-state index in [1.807, 2.05) is 0 Å². The molecule has 0 spiro atoms. The number of hydrogen-bond donors (Lipinski definition) is 0. The van der Waals surface area contributed by atoms with Crippen LogP contribution in [0.1, 0.15) is 0 Å². The SMILES string of the molecule is O=P(=O)O[O-]. The second-order valence-electron chi connectivity index (χ2n) is 0.298. The molecule has 0 aliphatic carbocycles. The highest BCUT2D eigenvalue weighted by atomic mass is 31.1. The van der Waals surface area contributed by atoms with E-state index >= 15 is 0 Å². The minimum Gasteiger partial charge on any atom is -0.710 e. The molecule has 0 aromatic heterocycles. The van der Waals surface area contributed by atoms with E-state index in [4.69, 9.17) is 14.4 Å². The van der Waals surface area contributed by atoms with E-state index in [0.717, 1.165) is 0 Å². The van der Waals surface area contributed by atoms with Crippen molar-refractivity contribution in [2.45, 2.75) is 0 Å². The van der Waals surface area contributed by atoms with E-state index in [-0.39, 0.29) is 0 Å². The zero-order valence-corrected chi connectivity index (χ0v) is 2.97. The van der Waals surface area contributed by atoms with Crippen LogP contribution >= 0.6 is 7.91 Å². The summed E-state index contributed by atoms with van der Waals surface area (Å²) in [5.74, 6) is 0. The molecule has 5 heteroatoms. The van der Waals surface area contributed by atoms with E-state index < -0.39 is 7.91 Å². The first-order chi connectivity index (χ1) is 2.27. The third kappa shape index (κ3) is 3.82. The van der Waals surface area contributed by atoms with Gasteiger partial charge in [0.15, 0.2) is 0 Å². The predicted octanol–water partition coefficient (Wildman–Crippen LogP) is -0.634. The van der Waals surface area contributed by atoms with Gasteiger partial charge in [-0.2, -0.15) is 0 Å². The summed E-state index contributed by atoms with van der Waals surface area (Å²) in [6.07, 6.45) is 0. The van der Waals surface area contributed by atoms with Gasteiger partial charge in [0.1, 0.15) is 0 Å². The van der Waals surface area contributed by atoms with Crippen LogP contribution in [0.5, 0.6) is 0 Å². The largest absolute Gasteiger partial charge is 0.710 e. The fourth-order valence-electron chi connectivity index (χ4n) is 0. The van der Waals surface area contributed by atoms with Crippen LogP contribution in [0.2, 0.25) is 0 Å². The Labute approximate surface area is 28.2 Å². The summed E-state index contributed by atoms with van der Waals surface area (Å²) >= 11 is 0. The third-order valence-electron chi connectivity index (χ3n) is 0.0609. The van der Waals surface area contributed by atoms with Gasteiger partial charge in [0.25, 0.3) is 0 Å². The molecular formula is O4P-. The Morgan fingerprint density at radius 1 is 1.60 bits per heavy atom. The maximum Gasteiger partial charge on any atom is 0.458 e. The molecule has 0 N–H and O–H groups in total. The summed E-state index contributed by atoms with van der Waals surface area (Å²) in [6, 6.07) is 0. The summed E-state index contributed by atoms with van der Waals surface area (Å²) in [4.78, 5) is 0. The Balaban J connectivity index is 3.23. The third-order valence-corrected chi connectivity index (χ3v) is 0.183. The molecule has 5 heavy (non-hydrogen) atoms. The highest BCUT2D eigenvalue weighted by molar-refractivity contribution is 7.24. The van der Waals surface area contributed by atoms with Gasteiger partial charge in [-0.25, -0.2) is 9.13 Å². The maximum atomic E-state index is 8.87. The zero-order chi connectivity index (χ0) is 4.28. The lowest BCUT2D eigenvalue weighted by atomic mass is 15.0. The molecule has 0 fully saturated rings. The highest BCUT2D eigenvalue weighted by Gasteiger charge is 1.64. The first-order valence-electron chi connectivity index (χ1n) is 0.714. The van der Waals surface area contributed by atoms with Crippen molar-refractivity contribution in [2.75, 3.05) is 0 Å². The molecule has 0 heterocycles. The summed E-state index contributed by atoms with van der Waals surface area (Å²) in [7, 11) is -3.15. The zero-order valence-electron chi connectivity index (χ0n) is 2.08. The molecule has 0 aromatic carbocycles. The van der Waals surface area contributed by atoms with Gasteiger partial charge < -0.3 is 9.93 Å². The van der Waals surface area contributed by atoms with E-state index in [2.05, 4.69) is 4.67 Å². The lowest BCUT2D eigenvalue weighted by molar-refractivity contribution is -0.635. The molecule has 0 atom stereocenters. The molecule has 0 saturated carbocycles. The van der Waals surface area contributed by atoms with Crippen LogP contribution in [0.25, 0.3) is 0 Å². The van der Waals surface area contributed by atoms with E-state index in [9.17, 15) is 0 Å². The van der Waals surface area contributed by atoms with Crippen molar-refractivity contribution in [1.82, 2.24) is 0 Å². The lowest BCUT2D eigenvalue weighted by Gasteiger charge is -1.83. The van der Waals surface area contributed by atoms with Gasteiger partial charge in [-0.15, -0.1) is 0 Å². The van der Waals surface area contributed by atoms with Crippen molar-refractivity contribution in [3.05, 3.63) is 0 Å². The molecule has 4 nitrogen and oxygen atoms in total. The van der Waals surface area contributed by atoms with Crippen LogP contribution in [-0.4, -0.2) is 0 Å². The monoisotopic (exact) mass is 95.0 g/mol. The van der Waals surface area contributed by atoms with Crippen molar-refractivity contribution in [1.29, 1.82) is 0 Å². The van der Waals surface area contributed by atoms with Crippen LogP contribution in [0.4, 0.5) is 0 Å². The standard InChI is InChI=1S/HO4P/c1-4-5(2)3/h1H/p-1. The topological polar surface area (TPSA) is 66.4 Å². The van der Waals surface area contributed by atoms with E-state index in [0.29, 0.717) is 0 Å². The van der Waals surface area contributed by atoms with Gasteiger partial charge in [-0.1, -0.05) is 0 Å². The average molecular weight is 95.0 g/mol. The Morgan fingerprint density at radius 3 is 1.80 bits per heavy atom. The predicted molar refractivity (Wildman–Crippen MR) is 9.38 cm³/mol. The van der Waals surface area contributed by atoms with Crippen LogP contribution in [0.3, 0.4) is 0 Å². The summed E-state index contributed by atoms with van der Waals surface area (Å²) in [6.45, 7) is 0. The molecular weight excluding hydrogens is 95.0 g/mol. The molecule has 0 aliphatic heterocycles. The normalized spacial score (nSPS) is 7.40. The minimum absolute atomic E-state index is 2.45. The van der Waals surface area contributed by atoms with Crippen LogP contribution < -0.4 is 5.26 Å². The van der Waals surface area contributed by atoms with E-state index in [1.54, 1.807) is 0 Å². The molecule has 0 rings (SSSR count). The maximum absolute atomic E-state index is 8.87. The van der Waals surface area contributed by atoms with Crippen LogP contribution in [0.15, 0.2) is 0 Å². The summed E-state index contributed by atoms with van der Waals surface area (Å²) in [5.41, 5.74) is 0. The van der Waals surface area contributed by atoms with Gasteiger partial charge in [-0.05, 0) is 0 Å². The molecule has 0 saturated heterocycles. The van der Waals surface area contributed by atoms with Crippen molar-refractivity contribution in [2.24, 2.45) is 0 Å². The molecule has 0 aliphatic rings. The Hall–Kier alpha value is -0.180. The van der Waals surface area contributed by atoms with Crippen molar-refractivity contribution < 1.29 is 19.1 Å².